The van der Waals surface area contributed by atoms with E-state index in [0.717, 1.165) is 56.6 Å². The molecule has 1 aromatic rings. The highest BCUT2D eigenvalue weighted by molar-refractivity contribution is 5.79. The van der Waals surface area contributed by atoms with Gasteiger partial charge in [-0.2, -0.15) is 0 Å². The van der Waals surface area contributed by atoms with Gasteiger partial charge in [-0.1, -0.05) is 12.1 Å². The predicted molar refractivity (Wildman–Crippen MR) is 112 cm³/mol. The van der Waals surface area contributed by atoms with Crippen LogP contribution in [0.3, 0.4) is 0 Å². The molecule has 2 aliphatic rings. The summed E-state index contributed by atoms with van der Waals surface area (Å²) in [6.45, 7) is 8.61. The Morgan fingerprint density at radius 2 is 1.59 bits per heavy atom. The molecule has 1 atom stereocenters. The zero-order chi connectivity index (χ0) is 21.1. The molecule has 0 saturated carbocycles. The maximum atomic E-state index is 12.9. The van der Waals surface area contributed by atoms with Crippen LogP contribution in [0.1, 0.15) is 52.0 Å². The number of hydrogen-bond acceptors (Lipinski definition) is 4. The number of carbonyl (C=O) groups is 2. The molecule has 6 nitrogen and oxygen atoms in total. The van der Waals surface area contributed by atoms with Crippen molar-refractivity contribution in [3.05, 3.63) is 29.8 Å². The summed E-state index contributed by atoms with van der Waals surface area (Å²) in [6.07, 6.45) is 4.21. The van der Waals surface area contributed by atoms with Crippen molar-refractivity contribution in [3.63, 3.8) is 0 Å². The van der Waals surface area contributed by atoms with E-state index in [1.165, 1.54) is 0 Å². The van der Waals surface area contributed by atoms with Crippen LogP contribution < -0.4 is 4.74 Å². The summed E-state index contributed by atoms with van der Waals surface area (Å²) in [7, 11) is 1.64. The number of benzene rings is 1. The lowest BCUT2D eigenvalue weighted by Gasteiger charge is -2.48. The molecule has 160 valence electrons. The van der Waals surface area contributed by atoms with Crippen LogP contribution in [0, 0.1) is 5.41 Å². The van der Waals surface area contributed by atoms with E-state index in [9.17, 15) is 9.59 Å². The van der Waals surface area contributed by atoms with Crippen LogP contribution in [-0.4, -0.2) is 60.7 Å². The SMILES string of the molecule is COc1ccc(CC(=O)N2CCC[C@]3(CCCN(C(=O)OC(C)(C)C)C3)C2)cc1. The lowest BCUT2D eigenvalue weighted by molar-refractivity contribution is -0.135. The van der Waals surface area contributed by atoms with Gasteiger partial charge in [0.2, 0.25) is 5.91 Å². The van der Waals surface area contributed by atoms with Crippen molar-refractivity contribution in [2.24, 2.45) is 5.41 Å². The molecule has 2 aliphatic heterocycles. The maximum Gasteiger partial charge on any atom is 0.410 e. The zero-order valence-electron chi connectivity index (χ0n) is 18.2. The van der Waals surface area contributed by atoms with Gasteiger partial charge in [-0.05, 0) is 64.2 Å². The van der Waals surface area contributed by atoms with Crippen LogP contribution >= 0.6 is 0 Å². The Labute approximate surface area is 174 Å². The van der Waals surface area contributed by atoms with Gasteiger partial charge in [0.05, 0.1) is 13.5 Å². The maximum absolute atomic E-state index is 12.9. The second kappa shape index (κ2) is 8.64. The Morgan fingerprint density at radius 1 is 1.00 bits per heavy atom. The Balaban J connectivity index is 1.62. The monoisotopic (exact) mass is 402 g/mol. The molecule has 6 heteroatoms. The van der Waals surface area contributed by atoms with Gasteiger partial charge in [-0.3, -0.25) is 4.79 Å². The number of ether oxygens (including phenoxy) is 2. The molecule has 0 unspecified atom stereocenters. The Kier molecular flexibility index (Phi) is 6.39. The summed E-state index contributed by atoms with van der Waals surface area (Å²) in [5, 5.41) is 0. The Morgan fingerprint density at radius 3 is 2.17 bits per heavy atom. The van der Waals surface area contributed by atoms with Gasteiger partial charge in [-0.25, -0.2) is 4.79 Å². The van der Waals surface area contributed by atoms with Crippen LogP contribution in [0.2, 0.25) is 0 Å². The zero-order valence-corrected chi connectivity index (χ0v) is 18.2. The highest BCUT2D eigenvalue weighted by Gasteiger charge is 2.42. The van der Waals surface area contributed by atoms with E-state index in [0.29, 0.717) is 13.0 Å². The van der Waals surface area contributed by atoms with Crippen molar-refractivity contribution in [2.75, 3.05) is 33.3 Å². The largest absolute Gasteiger partial charge is 0.497 e. The fraction of sp³-hybridized carbons (Fsp3) is 0.652. The topological polar surface area (TPSA) is 59.1 Å². The van der Waals surface area contributed by atoms with Gasteiger partial charge in [0.1, 0.15) is 11.4 Å². The molecule has 2 heterocycles. The van der Waals surface area contributed by atoms with E-state index in [2.05, 4.69) is 0 Å². The summed E-state index contributed by atoms with van der Waals surface area (Å²) in [5.74, 6) is 0.950. The second-order valence-corrected chi connectivity index (χ2v) is 9.45. The van der Waals surface area contributed by atoms with Crippen LogP contribution in [0.25, 0.3) is 0 Å². The first-order valence-corrected chi connectivity index (χ1v) is 10.6. The average Bonchev–Trinajstić information content (AvgIpc) is 2.67. The molecule has 0 bridgehead atoms. The summed E-state index contributed by atoms with van der Waals surface area (Å²) in [6, 6.07) is 7.67. The van der Waals surface area contributed by atoms with Crippen LogP contribution in [0.5, 0.6) is 5.75 Å². The van der Waals surface area contributed by atoms with Gasteiger partial charge < -0.3 is 19.3 Å². The van der Waals surface area contributed by atoms with Gasteiger partial charge >= 0.3 is 6.09 Å². The summed E-state index contributed by atoms with van der Waals surface area (Å²) in [5.41, 5.74) is 0.492. The summed E-state index contributed by atoms with van der Waals surface area (Å²) >= 11 is 0. The van der Waals surface area contributed by atoms with E-state index in [1.807, 2.05) is 54.8 Å². The molecule has 2 saturated heterocycles. The number of hydrogen-bond donors (Lipinski definition) is 0. The van der Waals surface area contributed by atoms with Gasteiger partial charge in [-0.15, -0.1) is 0 Å². The smallest absolute Gasteiger partial charge is 0.410 e. The highest BCUT2D eigenvalue weighted by atomic mass is 16.6. The molecule has 0 N–H and O–H groups in total. The number of rotatable bonds is 3. The molecule has 2 fully saturated rings. The number of methoxy groups -OCH3 is 1. The molecular weight excluding hydrogens is 368 g/mol. The molecule has 0 radical (unpaired) electrons. The number of piperidine rings is 2. The van der Waals surface area contributed by atoms with E-state index in [-0.39, 0.29) is 17.4 Å². The quantitative estimate of drug-likeness (QED) is 0.770. The third-order valence-electron chi connectivity index (χ3n) is 5.84. The van der Waals surface area contributed by atoms with Crippen molar-refractivity contribution < 1.29 is 19.1 Å². The third-order valence-corrected chi connectivity index (χ3v) is 5.84. The average molecular weight is 403 g/mol. The van der Waals surface area contributed by atoms with Crippen molar-refractivity contribution in [1.82, 2.24) is 9.80 Å². The van der Waals surface area contributed by atoms with E-state index >= 15 is 0 Å². The minimum atomic E-state index is -0.491. The molecule has 3 rings (SSSR count). The molecule has 2 amide bonds. The number of likely N-dealkylation sites (tertiary alicyclic amines) is 2. The van der Waals surface area contributed by atoms with Crippen LogP contribution in [0.15, 0.2) is 24.3 Å². The number of amides is 2. The minimum absolute atomic E-state index is 0.0109. The van der Waals surface area contributed by atoms with E-state index in [1.54, 1.807) is 7.11 Å². The molecular formula is C23H34N2O4. The first kappa shape index (κ1) is 21.5. The lowest BCUT2D eigenvalue weighted by atomic mass is 9.73. The first-order chi connectivity index (χ1) is 13.7. The minimum Gasteiger partial charge on any atom is -0.497 e. The van der Waals surface area contributed by atoms with Crippen molar-refractivity contribution in [2.45, 2.75) is 58.5 Å². The third kappa shape index (κ3) is 5.64. The summed E-state index contributed by atoms with van der Waals surface area (Å²) < 4.78 is 10.8. The van der Waals surface area contributed by atoms with Gasteiger partial charge in [0.15, 0.2) is 0 Å². The molecule has 0 aliphatic carbocycles. The predicted octanol–water partition coefficient (Wildman–Crippen LogP) is 3.88. The fourth-order valence-corrected chi connectivity index (χ4v) is 4.47. The van der Waals surface area contributed by atoms with Crippen molar-refractivity contribution in [3.8, 4) is 5.75 Å². The Bertz CT molecular complexity index is 721. The van der Waals surface area contributed by atoms with Crippen molar-refractivity contribution in [1.29, 1.82) is 0 Å². The molecule has 1 aromatic carbocycles. The van der Waals surface area contributed by atoms with Gasteiger partial charge in [0.25, 0.3) is 0 Å². The summed E-state index contributed by atoms with van der Waals surface area (Å²) in [4.78, 5) is 29.3. The fourth-order valence-electron chi connectivity index (χ4n) is 4.47. The molecule has 0 aromatic heterocycles. The number of carbonyl (C=O) groups excluding carboxylic acids is 2. The standard InChI is InChI=1S/C23H34N2O4/c1-22(2,3)29-21(27)25-14-6-12-23(17-25)11-5-13-24(16-23)20(26)15-18-7-9-19(28-4)10-8-18/h7-10H,5-6,11-17H2,1-4H3/t23-/m0/s1. The Hall–Kier alpha value is -2.24. The van der Waals surface area contributed by atoms with Crippen molar-refractivity contribution >= 4 is 12.0 Å². The first-order valence-electron chi connectivity index (χ1n) is 10.6. The molecule has 1 spiro atoms. The van der Waals surface area contributed by atoms with E-state index < -0.39 is 5.60 Å². The van der Waals surface area contributed by atoms with Gasteiger partial charge in [0, 0.05) is 31.6 Å². The second-order valence-electron chi connectivity index (χ2n) is 9.45. The number of nitrogens with zero attached hydrogens (tertiary/aromatic N) is 2. The molecule has 29 heavy (non-hydrogen) atoms. The highest BCUT2D eigenvalue weighted by Crippen LogP contribution is 2.39. The van der Waals surface area contributed by atoms with Crippen LogP contribution in [0.4, 0.5) is 4.79 Å². The van der Waals surface area contributed by atoms with Crippen LogP contribution in [-0.2, 0) is 16.0 Å². The normalized spacial score (nSPS) is 22.5. The lowest BCUT2D eigenvalue weighted by Crippen LogP contribution is -2.55. The van der Waals surface area contributed by atoms with E-state index in [4.69, 9.17) is 9.47 Å².